The minimum Gasteiger partial charge on any atom is -0.369 e. The minimum absolute atomic E-state index is 0.0881. The monoisotopic (exact) mass is 619 g/mol. The lowest BCUT2D eigenvalue weighted by molar-refractivity contribution is -0.135. The molecular weight excluding hydrogens is 590 g/mol. The molecule has 0 fully saturated rings. The molecule has 3 aromatic carbocycles. The molecule has 0 atom stereocenters. The van der Waals surface area contributed by atoms with E-state index in [0.717, 1.165) is 27.4 Å². The second-order valence-corrected chi connectivity index (χ2v) is 10.4. The van der Waals surface area contributed by atoms with Gasteiger partial charge in [-0.1, -0.05) is 66.2 Å². The highest BCUT2D eigenvalue weighted by atomic mass is 35.5. The predicted octanol–water partition coefficient (Wildman–Crippen LogP) is 5.64. The number of carbonyl (C=O) groups excluding carboxylic acids is 3. The molecule has 0 spiro atoms. The van der Waals surface area contributed by atoms with Crippen molar-refractivity contribution >= 4 is 58.7 Å². The number of hydrogen-bond acceptors (Lipinski definition) is 7. The van der Waals surface area contributed by atoms with Gasteiger partial charge in [-0.25, -0.2) is 4.99 Å². The van der Waals surface area contributed by atoms with Gasteiger partial charge in [-0.2, -0.15) is 15.5 Å². The third-order valence-corrected chi connectivity index (χ3v) is 7.04. The highest BCUT2D eigenvalue weighted by Gasteiger charge is 2.31. The van der Waals surface area contributed by atoms with E-state index in [1.54, 1.807) is 42.5 Å². The van der Waals surface area contributed by atoms with Gasteiger partial charge in [-0.15, -0.1) is 0 Å². The van der Waals surface area contributed by atoms with Gasteiger partial charge in [-0.05, 0) is 60.0 Å². The third kappa shape index (κ3) is 8.90. The summed E-state index contributed by atoms with van der Waals surface area (Å²) >= 11 is 6.10. The van der Waals surface area contributed by atoms with Gasteiger partial charge in [0.15, 0.2) is 5.84 Å². The molecule has 0 aliphatic carbocycles. The molecule has 1 heterocycles. The van der Waals surface area contributed by atoms with E-state index in [4.69, 9.17) is 22.1 Å². The van der Waals surface area contributed by atoms with Crippen LogP contribution in [0.1, 0.15) is 36.0 Å². The molecule has 0 bridgehead atoms. The molecule has 226 valence electrons. The number of halogens is 1. The Hall–Kier alpha value is -5.71. The molecule has 0 saturated carbocycles. The van der Waals surface area contributed by atoms with Crippen LogP contribution in [0.3, 0.4) is 0 Å². The number of amides is 3. The summed E-state index contributed by atoms with van der Waals surface area (Å²) in [6.45, 7) is 2.87. The highest BCUT2D eigenvalue weighted by Crippen LogP contribution is 2.25. The Bertz CT molecular complexity index is 1740. The molecule has 11 heteroatoms. The zero-order chi connectivity index (χ0) is 32.2. The van der Waals surface area contributed by atoms with E-state index >= 15 is 0 Å². The van der Waals surface area contributed by atoms with Crippen molar-refractivity contribution in [2.24, 2.45) is 4.99 Å². The second-order valence-electron chi connectivity index (χ2n) is 9.97. The zero-order valence-electron chi connectivity index (χ0n) is 24.5. The lowest BCUT2D eigenvalue weighted by Gasteiger charge is -2.23. The average molecular weight is 620 g/mol. The largest absolute Gasteiger partial charge is 0.369 e. The Balaban J connectivity index is 1.56. The summed E-state index contributed by atoms with van der Waals surface area (Å²) in [7, 11) is 0. The number of nitrogens with zero attached hydrogens (tertiary/aromatic N) is 5. The molecule has 1 aliphatic heterocycles. The number of hydrazine groups is 1. The van der Waals surface area contributed by atoms with Crippen LogP contribution in [0.15, 0.2) is 89.6 Å². The van der Waals surface area contributed by atoms with Crippen molar-refractivity contribution in [3.63, 3.8) is 0 Å². The molecule has 10 nitrogen and oxygen atoms in total. The van der Waals surface area contributed by atoms with Crippen molar-refractivity contribution in [2.75, 3.05) is 23.3 Å². The van der Waals surface area contributed by atoms with Gasteiger partial charge in [-0.3, -0.25) is 19.8 Å². The van der Waals surface area contributed by atoms with Crippen LogP contribution in [0, 0.1) is 29.6 Å². The van der Waals surface area contributed by atoms with Crippen molar-refractivity contribution in [1.82, 2.24) is 10.4 Å². The smallest absolute Gasteiger partial charge is 0.297 e. The number of amidine groups is 1. The molecule has 45 heavy (non-hydrogen) atoms. The Morgan fingerprint density at radius 3 is 2.31 bits per heavy atom. The van der Waals surface area contributed by atoms with Gasteiger partial charge in [0.2, 0.25) is 11.8 Å². The first-order chi connectivity index (χ1) is 21.8. The van der Waals surface area contributed by atoms with Crippen molar-refractivity contribution < 1.29 is 14.4 Å². The molecule has 2 N–H and O–H groups in total. The van der Waals surface area contributed by atoms with Crippen molar-refractivity contribution in [3.8, 4) is 12.1 Å². The van der Waals surface area contributed by atoms with Crippen LogP contribution in [-0.4, -0.2) is 41.7 Å². The van der Waals surface area contributed by atoms with E-state index in [-0.39, 0.29) is 11.5 Å². The Kier molecular flexibility index (Phi) is 11.2. The molecule has 0 radical (unpaired) electrons. The second kappa shape index (κ2) is 15.7. The number of hydrogen-bond donors (Lipinski definition) is 2. The van der Waals surface area contributed by atoms with E-state index in [1.165, 1.54) is 0 Å². The van der Waals surface area contributed by atoms with E-state index < -0.39 is 24.1 Å². The summed E-state index contributed by atoms with van der Waals surface area (Å²) in [4.78, 5) is 45.4. The fourth-order valence-electron chi connectivity index (χ4n) is 4.46. The Morgan fingerprint density at radius 2 is 1.64 bits per heavy atom. The van der Waals surface area contributed by atoms with Crippen LogP contribution in [-0.2, 0) is 14.4 Å². The molecule has 0 saturated heterocycles. The van der Waals surface area contributed by atoms with Crippen molar-refractivity contribution in [3.05, 3.63) is 106 Å². The topological polar surface area (TPSA) is 142 Å². The summed E-state index contributed by atoms with van der Waals surface area (Å²) in [6, 6.07) is 26.0. The fraction of sp³-hybridized carbons (Fsp3) is 0.176. The minimum atomic E-state index is -0.717. The van der Waals surface area contributed by atoms with E-state index in [1.807, 2.05) is 60.4 Å². The van der Waals surface area contributed by atoms with E-state index in [2.05, 4.69) is 27.9 Å². The number of aryl methyl sites for hydroxylation is 1. The normalized spacial score (nSPS) is 13.3. The number of benzene rings is 3. The Labute approximate surface area is 266 Å². The molecule has 1 aliphatic rings. The van der Waals surface area contributed by atoms with Crippen LogP contribution >= 0.6 is 11.6 Å². The van der Waals surface area contributed by atoms with Crippen LogP contribution < -0.4 is 15.6 Å². The lowest BCUT2D eigenvalue weighted by Crippen LogP contribution is -2.47. The quantitative estimate of drug-likeness (QED) is 0.199. The van der Waals surface area contributed by atoms with Gasteiger partial charge in [0.25, 0.3) is 5.91 Å². The number of rotatable bonds is 12. The van der Waals surface area contributed by atoms with Gasteiger partial charge in [0, 0.05) is 18.8 Å². The van der Waals surface area contributed by atoms with Crippen molar-refractivity contribution in [1.29, 1.82) is 10.5 Å². The summed E-state index contributed by atoms with van der Waals surface area (Å²) in [5, 5.41) is 22.0. The molecule has 3 amide bonds. The van der Waals surface area contributed by atoms with E-state index in [9.17, 15) is 14.4 Å². The zero-order valence-corrected chi connectivity index (χ0v) is 25.3. The molecule has 0 unspecified atom stereocenters. The number of nitrogens with one attached hydrogen (secondary N) is 2. The number of aliphatic imine (C=N–C) groups is 1. The summed E-state index contributed by atoms with van der Waals surface area (Å²) < 4.78 is 0. The van der Waals surface area contributed by atoms with Crippen LogP contribution in [0.2, 0.25) is 5.02 Å². The lowest BCUT2D eigenvalue weighted by atomic mass is 10.1. The van der Waals surface area contributed by atoms with Gasteiger partial charge < -0.3 is 10.2 Å². The molecular formula is C34H30ClN7O3. The van der Waals surface area contributed by atoms with Crippen LogP contribution in [0.5, 0.6) is 0 Å². The maximum absolute atomic E-state index is 13.5. The van der Waals surface area contributed by atoms with Crippen LogP contribution in [0.25, 0.3) is 12.2 Å². The average Bonchev–Trinajstić information content (AvgIpc) is 3.31. The standard InChI is InChI=1S/C34H30ClN7O3/c1-24-21-27(41(19-7-17-36)20-8-18-37)15-14-26(24)22-30-34(45)42(31(38-30)16-13-25-9-3-2-4-10-25)40-33(44)23-32(43)39-29-12-6-5-11-28(29)35/h2-6,9-16,21-22H,7-8,19-20,23H2,1H3,(H,39,43)(H,40,44)/b16-13-,30-22-. The van der Waals surface area contributed by atoms with Gasteiger partial charge >= 0.3 is 0 Å². The summed E-state index contributed by atoms with van der Waals surface area (Å²) in [6.07, 6.45) is 5.08. The predicted molar refractivity (Wildman–Crippen MR) is 174 cm³/mol. The number of anilines is 2. The van der Waals surface area contributed by atoms with Crippen molar-refractivity contribution in [2.45, 2.75) is 26.2 Å². The van der Waals surface area contributed by atoms with E-state index in [0.29, 0.717) is 36.6 Å². The SMILES string of the molecule is Cc1cc(N(CCC#N)CCC#N)ccc1/C=C1N=C(/C=C\c2ccccc2)N(NC(=O)CC(=O)Nc2ccccc2Cl)C\1=O. The summed E-state index contributed by atoms with van der Waals surface area (Å²) in [5.74, 6) is -1.72. The maximum Gasteiger partial charge on any atom is 0.297 e. The first-order valence-electron chi connectivity index (χ1n) is 14.1. The number of nitriles is 2. The molecule has 3 aromatic rings. The first kappa shape index (κ1) is 32.2. The van der Waals surface area contributed by atoms with Gasteiger partial charge in [0.05, 0.1) is 35.7 Å². The molecule has 4 rings (SSSR count). The summed E-state index contributed by atoms with van der Waals surface area (Å²) in [5.41, 5.74) is 6.26. The maximum atomic E-state index is 13.5. The number of para-hydroxylation sites is 1. The Morgan fingerprint density at radius 1 is 0.956 bits per heavy atom. The fourth-order valence-corrected chi connectivity index (χ4v) is 4.64. The van der Waals surface area contributed by atoms with Crippen LogP contribution in [0.4, 0.5) is 11.4 Å². The number of carbonyl (C=O) groups is 3. The molecule has 0 aromatic heterocycles. The third-order valence-electron chi connectivity index (χ3n) is 6.71. The highest BCUT2D eigenvalue weighted by molar-refractivity contribution is 6.33. The van der Waals surface area contributed by atoms with Gasteiger partial charge in [0.1, 0.15) is 12.1 Å². The first-order valence-corrected chi connectivity index (χ1v) is 14.5.